The number of fused-ring (bicyclic) bond motifs is 1. The number of ether oxygens (including phenoxy) is 1. The fourth-order valence-electron chi connectivity index (χ4n) is 1.53. The molecular weight excluding hydrogens is 232 g/mol. The summed E-state index contributed by atoms with van der Waals surface area (Å²) in [4.78, 5) is 0. The van der Waals surface area contributed by atoms with Gasteiger partial charge in [-0.2, -0.15) is 0 Å². The van der Waals surface area contributed by atoms with Gasteiger partial charge in [-0.3, -0.25) is 0 Å². The summed E-state index contributed by atoms with van der Waals surface area (Å²) in [6.07, 6.45) is 0. The molecule has 0 amide bonds. The van der Waals surface area contributed by atoms with E-state index in [1.807, 2.05) is 19.1 Å². The van der Waals surface area contributed by atoms with Crippen molar-refractivity contribution in [3.8, 4) is 11.6 Å². The number of benzene rings is 1. The Balaban J connectivity index is 1.97. The van der Waals surface area contributed by atoms with Gasteiger partial charge in [-0.15, -0.1) is 14.8 Å². The number of nitrogen functional groups attached to an aromatic ring is 1. The minimum absolute atomic E-state index is 0.382. The van der Waals surface area contributed by atoms with Gasteiger partial charge in [0.05, 0.1) is 5.69 Å². The van der Waals surface area contributed by atoms with Gasteiger partial charge in [-0.25, -0.2) is 0 Å². The first-order valence-corrected chi connectivity index (χ1v) is 5.32. The van der Waals surface area contributed by atoms with Gasteiger partial charge < -0.3 is 10.5 Å². The second-order valence-corrected chi connectivity index (χ2v) is 3.84. The van der Waals surface area contributed by atoms with Crippen molar-refractivity contribution in [3.05, 3.63) is 35.9 Å². The topological polar surface area (TPSA) is 91.2 Å². The largest absolute Gasteiger partial charge is 0.435 e. The first kappa shape index (κ1) is 10.5. The zero-order chi connectivity index (χ0) is 12.5. The summed E-state index contributed by atoms with van der Waals surface area (Å²) in [6, 6.07) is 8.96. The lowest BCUT2D eigenvalue weighted by Gasteiger charge is -2.07. The number of aromatic nitrogens is 5. The van der Waals surface area contributed by atoms with Crippen molar-refractivity contribution < 1.29 is 4.74 Å². The molecule has 2 aromatic heterocycles. The van der Waals surface area contributed by atoms with Crippen LogP contribution in [0.2, 0.25) is 0 Å². The molecule has 0 aliphatic heterocycles. The van der Waals surface area contributed by atoms with Crippen molar-refractivity contribution in [1.82, 2.24) is 25.3 Å². The predicted molar refractivity (Wildman–Crippen MR) is 64.2 cm³/mol. The number of aryl methyl sites for hydroxylation is 1. The molecular formula is C11H10N6O. The van der Waals surface area contributed by atoms with E-state index in [-0.39, 0.29) is 0 Å². The molecule has 3 aromatic rings. The van der Waals surface area contributed by atoms with Crippen LogP contribution in [0.5, 0.6) is 11.6 Å². The number of tetrazole rings is 1. The predicted octanol–water partition coefficient (Wildman–Crippen LogP) is 1.20. The zero-order valence-electron chi connectivity index (χ0n) is 9.61. The first-order chi connectivity index (χ1) is 8.72. The van der Waals surface area contributed by atoms with E-state index in [1.54, 1.807) is 18.2 Å². The lowest BCUT2D eigenvalue weighted by atomic mass is 10.2. The fraction of sp³-hybridized carbons (Fsp3) is 0.0909. The SMILES string of the molecule is Cc1ccc(N)c(Oc2ccc3nnnn3n2)c1. The number of nitrogens with zero attached hydrogens (tertiary/aromatic N) is 5. The third kappa shape index (κ3) is 1.81. The van der Waals surface area contributed by atoms with Gasteiger partial charge in [0.25, 0.3) is 0 Å². The molecule has 3 rings (SSSR count). The van der Waals surface area contributed by atoms with Crippen LogP contribution in [0.1, 0.15) is 5.56 Å². The minimum atomic E-state index is 0.382. The van der Waals surface area contributed by atoms with E-state index in [1.165, 1.54) is 4.63 Å². The molecule has 0 atom stereocenters. The Morgan fingerprint density at radius 2 is 2.11 bits per heavy atom. The van der Waals surface area contributed by atoms with Crippen molar-refractivity contribution in [3.63, 3.8) is 0 Å². The molecule has 1 aromatic carbocycles. The van der Waals surface area contributed by atoms with Crippen molar-refractivity contribution in [1.29, 1.82) is 0 Å². The summed E-state index contributed by atoms with van der Waals surface area (Å²) >= 11 is 0. The second-order valence-electron chi connectivity index (χ2n) is 3.84. The molecule has 0 saturated heterocycles. The number of hydrogen-bond donors (Lipinski definition) is 1. The Morgan fingerprint density at radius 1 is 1.22 bits per heavy atom. The van der Waals surface area contributed by atoms with Crippen LogP contribution in [0, 0.1) is 6.92 Å². The normalized spacial score (nSPS) is 10.7. The van der Waals surface area contributed by atoms with Gasteiger partial charge in [0.15, 0.2) is 11.4 Å². The highest BCUT2D eigenvalue weighted by atomic mass is 16.5. The Labute approximate surface area is 102 Å². The van der Waals surface area contributed by atoms with Crippen LogP contribution in [0.25, 0.3) is 5.65 Å². The molecule has 7 nitrogen and oxygen atoms in total. The average molecular weight is 242 g/mol. The van der Waals surface area contributed by atoms with Crippen LogP contribution < -0.4 is 10.5 Å². The molecule has 0 unspecified atom stereocenters. The van der Waals surface area contributed by atoms with Crippen LogP contribution in [0.3, 0.4) is 0 Å². The van der Waals surface area contributed by atoms with Gasteiger partial charge in [-0.05, 0) is 41.1 Å². The number of nitrogens with two attached hydrogens (primary N) is 1. The fourth-order valence-corrected chi connectivity index (χ4v) is 1.53. The molecule has 0 bridgehead atoms. The van der Waals surface area contributed by atoms with Crippen molar-refractivity contribution in [2.75, 3.05) is 5.73 Å². The van der Waals surface area contributed by atoms with E-state index in [0.29, 0.717) is 23.0 Å². The summed E-state index contributed by atoms with van der Waals surface area (Å²) in [5.74, 6) is 0.946. The summed E-state index contributed by atoms with van der Waals surface area (Å²) in [5, 5.41) is 15.1. The molecule has 0 radical (unpaired) electrons. The number of rotatable bonds is 2. The Morgan fingerprint density at radius 3 is 3.00 bits per heavy atom. The lowest BCUT2D eigenvalue weighted by Crippen LogP contribution is -1.99. The number of hydrogen-bond acceptors (Lipinski definition) is 6. The second kappa shape index (κ2) is 3.95. The molecule has 90 valence electrons. The molecule has 0 aliphatic rings. The summed E-state index contributed by atoms with van der Waals surface area (Å²) in [5.41, 5.74) is 8.00. The molecule has 0 fully saturated rings. The standard InChI is InChI=1S/C11H10N6O/c1-7-2-3-8(12)9(6-7)18-11-5-4-10-13-15-16-17(10)14-11/h2-6H,12H2,1H3. The first-order valence-electron chi connectivity index (χ1n) is 5.32. The van der Waals surface area contributed by atoms with Crippen LogP contribution in [0.4, 0.5) is 5.69 Å². The minimum Gasteiger partial charge on any atom is -0.435 e. The summed E-state index contributed by atoms with van der Waals surface area (Å²) in [7, 11) is 0. The van der Waals surface area contributed by atoms with E-state index in [4.69, 9.17) is 10.5 Å². The summed E-state index contributed by atoms with van der Waals surface area (Å²) < 4.78 is 6.91. The van der Waals surface area contributed by atoms with Gasteiger partial charge in [0, 0.05) is 6.07 Å². The maximum absolute atomic E-state index is 5.83. The highest BCUT2D eigenvalue weighted by Gasteiger charge is 2.06. The monoisotopic (exact) mass is 242 g/mol. The van der Waals surface area contributed by atoms with Gasteiger partial charge in [0.2, 0.25) is 5.88 Å². The van der Waals surface area contributed by atoms with Gasteiger partial charge in [0.1, 0.15) is 0 Å². The third-order valence-electron chi connectivity index (χ3n) is 2.43. The van der Waals surface area contributed by atoms with Crippen LogP contribution in [0.15, 0.2) is 30.3 Å². The molecule has 0 aliphatic carbocycles. The van der Waals surface area contributed by atoms with Gasteiger partial charge >= 0.3 is 0 Å². The van der Waals surface area contributed by atoms with Crippen molar-refractivity contribution >= 4 is 11.3 Å². The van der Waals surface area contributed by atoms with Crippen LogP contribution >= 0.6 is 0 Å². The maximum atomic E-state index is 5.83. The molecule has 0 saturated carbocycles. The number of anilines is 1. The molecule has 0 spiro atoms. The molecule has 18 heavy (non-hydrogen) atoms. The molecule has 2 heterocycles. The third-order valence-corrected chi connectivity index (χ3v) is 2.43. The Hall–Kier alpha value is -2.70. The van der Waals surface area contributed by atoms with Gasteiger partial charge in [-0.1, -0.05) is 6.07 Å². The smallest absolute Gasteiger partial charge is 0.239 e. The van der Waals surface area contributed by atoms with E-state index >= 15 is 0 Å². The van der Waals surface area contributed by atoms with Crippen molar-refractivity contribution in [2.45, 2.75) is 6.92 Å². The van der Waals surface area contributed by atoms with E-state index in [9.17, 15) is 0 Å². The molecule has 7 heteroatoms. The van der Waals surface area contributed by atoms with E-state index < -0.39 is 0 Å². The van der Waals surface area contributed by atoms with Crippen LogP contribution in [-0.4, -0.2) is 25.3 Å². The molecule has 2 N–H and O–H groups in total. The van der Waals surface area contributed by atoms with E-state index in [0.717, 1.165) is 5.56 Å². The summed E-state index contributed by atoms with van der Waals surface area (Å²) in [6.45, 7) is 1.96. The quantitative estimate of drug-likeness (QED) is 0.679. The average Bonchev–Trinajstić information content (AvgIpc) is 2.81. The highest BCUT2D eigenvalue weighted by molar-refractivity contribution is 5.55. The van der Waals surface area contributed by atoms with Crippen molar-refractivity contribution in [2.24, 2.45) is 0 Å². The Bertz CT molecular complexity index is 708. The Kier molecular flexibility index (Phi) is 2.30. The highest BCUT2D eigenvalue weighted by Crippen LogP contribution is 2.26. The van der Waals surface area contributed by atoms with Crippen LogP contribution in [-0.2, 0) is 0 Å². The lowest BCUT2D eigenvalue weighted by molar-refractivity contribution is 0.449. The van der Waals surface area contributed by atoms with E-state index in [2.05, 4.69) is 20.6 Å². The zero-order valence-corrected chi connectivity index (χ0v) is 9.61. The maximum Gasteiger partial charge on any atom is 0.239 e.